The summed E-state index contributed by atoms with van der Waals surface area (Å²) < 4.78 is 5.89. The lowest BCUT2D eigenvalue weighted by Crippen LogP contribution is -2.49. The van der Waals surface area contributed by atoms with Gasteiger partial charge in [0.1, 0.15) is 18.7 Å². The van der Waals surface area contributed by atoms with E-state index in [1.807, 2.05) is 24.3 Å². The van der Waals surface area contributed by atoms with Crippen molar-refractivity contribution in [3.05, 3.63) is 71.8 Å². The minimum absolute atomic E-state index is 0.00729. The standard InChI is InChI=1S/C35H45NO4/c1-24(2)28-16-15-25(3)21-27(28)17-19-35(22-26(4)38,18-9-10-20-37)36-34(39)40-23-33-31-13-7-5-11-29(31)30-12-6-8-14-32(30)33/h5-8,11-14,17,19-20,24-25,27-28,33H,9-10,15-16,18,21-23H2,1-4H3,(H,36,39)/b19-17+/t25-,27-,28+,35+/m1/s1. The predicted octanol–water partition coefficient (Wildman–Crippen LogP) is 7.88. The maximum Gasteiger partial charge on any atom is 0.407 e. The first-order valence-corrected chi connectivity index (χ1v) is 15.0. The summed E-state index contributed by atoms with van der Waals surface area (Å²) in [6.07, 6.45) is 9.84. The van der Waals surface area contributed by atoms with Crippen molar-refractivity contribution in [1.82, 2.24) is 5.32 Å². The van der Waals surface area contributed by atoms with E-state index in [0.717, 1.165) is 23.8 Å². The van der Waals surface area contributed by atoms with E-state index in [9.17, 15) is 14.4 Å². The molecule has 5 nitrogen and oxygen atoms in total. The summed E-state index contributed by atoms with van der Waals surface area (Å²) in [5, 5.41) is 3.10. The zero-order valence-electron chi connectivity index (χ0n) is 24.5. The van der Waals surface area contributed by atoms with Gasteiger partial charge >= 0.3 is 6.09 Å². The van der Waals surface area contributed by atoms with Crippen LogP contribution in [0.25, 0.3) is 11.1 Å². The second-order valence-corrected chi connectivity index (χ2v) is 12.4. The average Bonchev–Trinajstić information content (AvgIpc) is 3.24. The lowest BCUT2D eigenvalue weighted by molar-refractivity contribution is -0.118. The molecule has 1 N–H and O–H groups in total. The Balaban J connectivity index is 1.54. The van der Waals surface area contributed by atoms with Gasteiger partial charge < -0.3 is 14.8 Å². The number of ketones is 1. The molecule has 0 spiro atoms. The molecule has 1 saturated carbocycles. The highest BCUT2D eigenvalue weighted by Gasteiger charge is 2.35. The summed E-state index contributed by atoms with van der Waals surface area (Å²) in [5.74, 6) is 2.14. The van der Waals surface area contributed by atoms with Crippen LogP contribution in [0.4, 0.5) is 4.79 Å². The van der Waals surface area contributed by atoms with Gasteiger partial charge in [-0.3, -0.25) is 4.79 Å². The van der Waals surface area contributed by atoms with Gasteiger partial charge in [-0.1, -0.05) is 87.9 Å². The maximum absolute atomic E-state index is 13.4. The number of alkyl carbamates (subject to hydrolysis) is 1. The van der Waals surface area contributed by atoms with Gasteiger partial charge in [0.2, 0.25) is 0 Å². The number of hydrogen-bond donors (Lipinski definition) is 1. The Bertz CT molecular complexity index is 1170. The third-order valence-corrected chi connectivity index (χ3v) is 8.94. The molecule has 214 valence electrons. The van der Waals surface area contributed by atoms with Crippen LogP contribution in [0.3, 0.4) is 0 Å². The Hall–Kier alpha value is -3.21. The highest BCUT2D eigenvalue weighted by Crippen LogP contribution is 2.44. The Morgan fingerprint density at radius 1 is 1.05 bits per heavy atom. The molecule has 1 amide bonds. The first-order chi connectivity index (χ1) is 19.2. The topological polar surface area (TPSA) is 72.5 Å². The van der Waals surface area contributed by atoms with Crippen molar-refractivity contribution in [1.29, 1.82) is 0 Å². The summed E-state index contributed by atoms with van der Waals surface area (Å²) >= 11 is 0. The van der Waals surface area contributed by atoms with Crippen molar-refractivity contribution < 1.29 is 19.1 Å². The van der Waals surface area contributed by atoms with E-state index in [1.54, 1.807) is 6.92 Å². The number of carbonyl (C=O) groups excluding carboxylic acids is 3. The minimum Gasteiger partial charge on any atom is -0.449 e. The lowest BCUT2D eigenvalue weighted by Gasteiger charge is -2.37. The van der Waals surface area contributed by atoms with Crippen molar-refractivity contribution in [3.63, 3.8) is 0 Å². The third-order valence-electron chi connectivity index (χ3n) is 8.94. The van der Waals surface area contributed by atoms with Crippen LogP contribution in [0.15, 0.2) is 60.7 Å². The molecule has 4 atom stereocenters. The molecule has 0 bridgehead atoms. The van der Waals surface area contributed by atoms with Crippen LogP contribution in [-0.4, -0.2) is 30.3 Å². The van der Waals surface area contributed by atoms with Crippen molar-refractivity contribution >= 4 is 18.2 Å². The van der Waals surface area contributed by atoms with Gasteiger partial charge in [0.25, 0.3) is 0 Å². The molecule has 0 aliphatic heterocycles. The van der Waals surface area contributed by atoms with E-state index >= 15 is 0 Å². The van der Waals surface area contributed by atoms with Gasteiger partial charge in [0, 0.05) is 18.8 Å². The second-order valence-electron chi connectivity index (χ2n) is 12.4. The first-order valence-electron chi connectivity index (χ1n) is 15.0. The van der Waals surface area contributed by atoms with Crippen LogP contribution >= 0.6 is 0 Å². The van der Waals surface area contributed by atoms with E-state index < -0.39 is 11.6 Å². The number of rotatable bonds is 12. The smallest absolute Gasteiger partial charge is 0.407 e. The van der Waals surface area contributed by atoms with Crippen LogP contribution in [0.5, 0.6) is 0 Å². The highest BCUT2D eigenvalue weighted by atomic mass is 16.5. The van der Waals surface area contributed by atoms with E-state index in [2.05, 4.69) is 62.5 Å². The third kappa shape index (κ3) is 7.10. The number of benzene rings is 2. The number of amides is 1. The first kappa shape index (κ1) is 29.8. The molecule has 5 heteroatoms. The summed E-state index contributed by atoms with van der Waals surface area (Å²) in [5.41, 5.74) is 3.78. The number of unbranched alkanes of at least 4 members (excludes halogenated alkanes) is 1. The fourth-order valence-corrected chi connectivity index (χ4v) is 6.97. The normalized spacial score (nSPS) is 22.0. The molecule has 4 rings (SSSR count). The SMILES string of the molecule is CC(=O)C[C@@](/C=C/[C@@H]1C[C@H](C)CC[C@H]1C(C)C)(CCCC=O)NC(=O)OCC1c2ccccc2-c2ccccc21. The van der Waals surface area contributed by atoms with Crippen LogP contribution in [0, 0.1) is 23.7 Å². The summed E-state index contributed by atoms with van der Waals surface area (Å²) in [6, 6.07) is 16.5. The number of carbonyl (C=O) groups is 3. The second kappa shape index (κ2) is 13.4. The van der Waals surface area contributed by atoms with Crippen molar-refractivity contribution in [2.45, 2.75) is 84.1 Å². The Kier molecular flexibility index (Phi) is 9.99. The van der Waals surface area contributed by atoms with Gasteiger partial charge in [-0.05, 0) is 78.5 Å². The van der Waals surface area contributed by atoms with E-state index in [1.165, 1.54) is 24.0 Å². The quantitative estimate of drug-likeness (QED) is 0.168. The maximum atomic E-state index is 13.4. The molecule has 0 aromatic heterocycles. The van der Waals surface area contributed by atoms with Gasteiger partial charge in [0.15, 0.2) is 0 Å². The van der Waals surface area contributed by atoms with Crippen molar-refractivity contribution in [3.8, 4) is 11.1 Å². The Morgan fingerprint density at radius 2 is 1.70 bits per heavy atom. The van der Waals surface area contributed by atoms with Crippen molar-refractivity contribution in [2.24, 2.45) is 23.7 Å². The molecule has 2 aliphatic carbocycles. The summed E-state index contributed by atoms with van der Waals surface area (Å²) in [7, 11) is 0. The minimum atomic E-state index is -0.889. The molecule has 0 radical (unpaired) electrons. The molecule has 1 fully saturated rings. The number of nitrogens with one attached hydrogen (secondary N) is 1. The molecule has 0 saturated heterocycles. The van der Waals surface area contributed by atoms with Gasteiger partial charge in [-0.2, -0.15) is 0 Å². The number of aldehydes is 1. The number of ether oxygens (including phenoxy) is 1. The van der Waals surface area contributed by atoms with Crippen molar-refractivity contribution in [2.75, 3.05) is 6.61 Å². The molecule has 40 heavy (non-hydrogen) atoms. The predicted molar refractivity (Wildman–Crippen MR) is 160 cm³/mol. The lowest BCUT2D eigenvalue weighted by atomic mass is 9.69. The number of hydrogen-bond acceptors (Lipinski definition) is 4. The number of allylic oxidation sites excluding steroid dienone is 1. The van der Waals surface area contributed by atoms with Crippen LogP contribution in [0.1, 0.15) is 89.7 Å². The van der Waals surface area contributed by atoms with Crippen LogP contribution in [0.2, 0.25) is 0 Å². The number of Topliss-reactive ketones (excluding diaryl/α,β-unsaturated/α-hetero) is 1. The van der Waals surface area contributed by atoms with Gasteiger partial charge in [-0.25, -0.2) is 4.79 Å². The molecular formula is C35H45NO4. The zero-order valence-corrected chi connectivity index (χ0v) is 24.5. The molecule has 2 aromatic rings. The molecule has 2 aromatic carbocycles. The average molecular weight is 544 g/mol. The highest BCUT2D eigenvalue weighted by molar-refractivity contribution is 5.80. The summed E-state index contributed by atoms with van der Waals surface area (Å²) in [4.78, 5) is 37.0. The largest absolute Gasteiger partial charge is 0.449 e. The monoisotopic (exact) mass is 543 g/mol. The fourth-order valence-electron chi connectivity index (χ4n) is 6.97. The van der Waals surface area contributed by atoms with E-state index in [-0.39, 0.29) is 24.7 Å². The Morgan fingerprint density at radius 3 is 2.30 bits per heavy atom. The van der Waals surface area contributed by atoms with E-state index in [0.29, 0.717) is 42.9 Å². The van der Waals surface area contributed by atoms with Gasteiger partial charge in [-0.15, -0.1) is 0 Å². The molecular weight excluding hydrogens is 498 g/mol. The zero-order chi connectivity index (χ0) is 28.7. The van der Waals surface area contributed by atoms with Crippen LogP contribution in [-0.2, 0) is 14.3 Å². The molecule has 0 unspecified atom stereocenters. The van der Waals surface area contributed by atoms with Gasteiger partial charge in [0.05, 0.1) is 5.54 Å². The molecule has 2 aliphatic rings. The van der Waals surface area contributed by atoms with Crippen LogP contribution < -0.4 is 5.32 Å². The fraction of sp³-hybridized carbons (Fsp3) is 0.514. The Labute approximate surface area is 239 Å². The molecule has 0 heterocycles. The number of fused-ring (bicyclic) bond motifs is 3. The van der Waals surface area contributed by atoms with E-state index in [4.69, 9.17) is 4.74 Å². The summed E-state index contributed by atoms with van der Waals surface area (Å²) in [6.45, 7) is 8.64.